The van der Waals surface area contributed by atoms with Crippen molar-refractivity contribution in [1.82, 2.24) is 10.2 Å². The van der Waals surface area contributed by atoms with E-state index in [0.29, 0.717) is 6.04 Å². The molecule has 3 heteroatoms. The van der Waals surface area contributed by atoms with E-state index in [1.807, 2.05) is 0 Å². The van der Waals surface area contributed by atoms with Crippen LogP contribution in [0.4, 0.5) is 5.69 Å². The predicted molar refractivity (Wildman–Crippen MR) is 92.1 cm³/mol. The largest absolute Gasteiger partial charge is 0.369 e. The van der Waals surface area contributed by atoms with Gasteiger partial charge in [-0.3, -0.25) is 4.90 Å². The van der Waals surface area contributed by atoms with Crippen LogP contribution in [0.5, 0.6) is 0 Å². The number of aryl methyl sites for hydroxylation is 1. The van der Waals surface area contributed by atoms with Crippen LogP contribution in [-0.4, -0.2) is 50.2 Å². The number of benzene rings is 1. The molecule has 3 nitrogen and oxygen atoms in total. The average molecular weight is 287 g/mol. The van der Waals surface area contributed by atoms with Gasteiger partial charge in [0.15, 0.2) is 0 Å². The van der Waals surface area contributed by atoms with Crippen LogP contribution < -0.4 is 10.2 Å². The molecule has 1 aromatic rings. The minimum absolute atomic E-state index is 0.528. The number of rotatable bonds is 6. The fourth-order valence-electron chi connectivity index (χ4n) is 2.71. The lowest BCUT2D eigenvalue weighted by Crippen LogP contribution is -2.47. The van der Waals surface area contributed by atoms with E-state index < -0.39 is 0 Å². The van der Waals surface area contributed by atoms with Crippen LogP contribution in [-0.2, 0) is 0 Å². The Morgan fingerprint density at radius 1 is 1.24 bits per heavy atom. The Hall–Kier alpha value is -1.32. The van der Waals surface area contributed by atoms with Crippen LogP contribution in [0, 0.1) is 6.92 Å². The normalized spacial score (nSPS) is 16.5. The van der Waals surface area contributed by atoms with Crippen molar-refractivity contribution in [2.24, 2.45) is 0 Å². The molecule has 0 unspecified atom stereocenters. The van der Waals surface area contributed by atoms with E-state index in [0.717, 1.165) is 39.3 Å². The summed E-state index contributed by atoms with van der Waals surface area (Å²) in [6, 6.07) is 9.33. The van der Waals surface area contributed by atoms with Gasteiger partial charge in [0.2, 0.25) is 0 Å². The van der Waals surface area contributed by atoms with Gasteiger partial charge in [-0.05, 0) is 30.2 Å². The maximum Gasteiger partial charge on any atom is 0.0369 e. The first kappa shape index (κ1) is 16.1. The molecule has 21 heavy (non-hydrogen) atoms. The molecule has 1 saturated heterocycles. The van der Waals surface area contributed by atoms with E-state index in [4.69, 9.17) is 0 Å². The van der Waals surface area contributed by atoms with Gasteiger partial charge < -0.3 is 10.2 Å². The van der Waals surface area contributed by atoms with Crippen molar-refractivity contribution < 1.29 is 0 Å². The highest BCUT2D eigenvalue weighted by molar-refractivity contribution is 5.48. The Balaban J connectivity index is 1.77. The molecule has 116 valence electrons. The molecule has 0 spiro atoms. The lowest BCUT2D eigenvalue weighted by Gasteiger charge is -2.36. The molecule has 0 bridgehead atoms. The van der Waals surface area contributed by atoms with E-state index in [1.165, 1.54) is 16.8 Å². The minimum Gasteiger partial charge on any atom is -0.369 e. The molecule has 1 aromatic carbocycles. The molecule has 2 rings (SSSR count). The van der Waals surface area contributed by atoms with Crippen LogP contribution in [0.3, 0.4) is 0 Å². The molecule has 0 aromatic heterocycles. The summed E-state index contributed by atoms with van der Waals surface area (Å²) in [5.41, 5.74) is 3.98. The number of piperazine rings is 1. The van der Waals surface area contributed by atoms with Crippen LogP contribution in [0.15, 0.2) is 36.4 Å². The third kappa shape index (κ3) is 5.18. The summed E-state index contributed by atoms with van der Waals surface area (Å²) in [6.07, 6.45) is 0. The van der Waals surface area contributed by atoms with E-state index in [2.05, 4.69) is 66.7 Å². The lowest BCUT2D eigenvalue weighted by molar-refractivity contribution is 0.276. The highest BCUT2D eigenvalue weighted by atomic mass is 15.3. The maximum absolute atomic E-state index is 4.19. The summed E-state index contributed by atoms with van der Waals surface area (Å²) in [5, 5.41) is 3.44. The van der Waals surface area contributed by atoms with Crippen molar-refractivity contribution in [1.29, 1.82) is 0 Å². The van der Waals surface area contributed by atoms with E-state index >= 15 is 0 Å². The first-order valence-corrected chi connectivity index (χ1v) is 7.98. The summed E-state index contributed by atoms with van der Waals surface area (Å²) in [6.45, 7) is 17.1. The van der Waals surface area contributed by atoms with Gasteiger partial charge in [0.1, 0.15) is 0 Å². The van der Waals surface area contributed by atoms with E-state index in [1.54, 1.807) is 0 Å². The minimum atomic E-state index is 0.528. The topological polar surface area (TPSA) is 18.5 Å². The highest BCUT2D eigenvalue weighted by Gasteiger charge is 2.17. The molecule has 1 aliphatic heterocycles. The van der Waals surface area contributed by atoms with Gasteiger partial charge in [0.05, 0.1) is 0 Å². The first-order chi connectivity index (χ1) is 10.0. The molecular formula is C18H29N3. The van der Waals surface area contributed by atoms with Gasteiger partial charge >= 0.3 is 0 Å². The van der Waals surface area contributed by atoms with Crippen molar-refractivity contribution in [3.05, 3.63) is 42.0 Å². The van der Waals surface area contributed by atoms with Crippen molar-refractivity contribution in [2.45, 2.75) is 26.8 Å². The van der Waals surface area contributed by atoms with Gasteiger partial charge in [-0.15, -0.1) is 0 Å². The molecule has 1 aliphatic rings. The van der Waals surface area contributed by atoms with E-state index in [9.17, 15) is 0 Å². The number of nitrogens with zero attached hydrogens (tertiary/aromatic N) is 2. The molecule has 0 radical (unpaired) electrons. The SMILES string of the molecule is C=C(CNC(C)C)CN1CCN(c2cccc(C)c2)CC1. The fourth-order valence-corrected chi connectivity index (χ4v) is 2.71. The molecule has 1 N–H and O–H groups in total. The van der Waals surface area contributed by atoms with Gasteiger partial charge in [-0.1, -0.05) is 32.6 Å². The van der Waals surface area contributed by atoms with Gasteiger partial charge in [-0.2, -0.15) is 0 Å². The number of hydrogen-bond donors (Lipinski definition) is 1. The molecule has 0 aliphatic carbocycles. The second-order valence-corrected chi connectivity index (χ2v) is 6.39. The lowest BCUT2D eigenvalue weighted by atomic mass is 10.2. The number of nitrogens with one attached hydrogen (secondary N) is 1. The molecule has 1 heterocycles. The number of anilines is 1. The third-order valence-electron chi connectivity index (χ3n) is 3.95. The van der Waals surface area contributed by atoms with Crippen LogP contribution in [0.2, 0.25) is 0 Å². The predicted octanol–water partition coefficient (Wildman–Crippen LogP) is 2.67. The summed E-state index contributed by atoms with van der Waals surface area (Å²) in [7, 11) is 0. The molecule has 0 amide bonds. The second kappa shape index (κ2) is 7.62. The Kier molecular flexibility index (Phi) is 5.83. The third-order valence-corrected chi connectivity index (χ3v) is 3.95. The van der Waals surface area contributed by atoms with Crippen molar-refractivity contribution >= 4 is 5.69 Å². The van der Waals surface area contributed by atoms with Crippen LogP contribution >= 0.6 is 0 Å². The van der Waals surface area contributed by atoms with Crippen molar-refractivity contribution in [2.75, 3.05) is 44.2 Å². The summed E-state index contributed by atoms with van der Waals surface area (Å²) < 4.78 is 0. The smallest absolute Gasteiger partial charge is 0.0369 e. The Bertz CT molecular complexity index is 459. The van der Waals surface area contributed by atoms with Crippen molar-refractivity contribution in [3.63, 3.8) is 0 Å². The quantitative estimate of drug-likeness (QED) is 0.812. The molecular weight excluding hydrogens is 258 g/mol. The standard InChI is InChI=1S/C18H29N3/c1-15(2)19-13-17(4)14-20-8-10-21(11-9-20)18-7-5-6-16(3)12-18/h5-7,12,15,19H,4,8-11,13-14H2,1-3H3. The fraction of sp³-hybridized carbons (Fsp3) is 0.556. The monoisotopic (exact) mass is 287 g/mol. The van der Waals surface area contributed by atoms with E-state index in [-0.39, 0.29) is 0 Å². The van der Waals surface area contributed by atoms with Gasteiger partial charge in [0, 0.05) is 51.0 Å². The molecule has 0 saturated carbocycles. The molecule has 0 atom stereocenters. The van der Waals surface area contributed by atoms with Crippen LogP contribution in [0.1, 0.15) is 19.4 Å². The zero-order chi connectivity index (χ0) is 15.2. The van der Waals surface area contributed by atoms with Gasteiger partial charge in [0.25, 0.3) is 0 Å². The Morgan fingerprint density at radius 2 is 1.95 bits per heavy atom. The summed E-state index contributed by atoms with van der Waals surface area (Å²) in [5.74, 6) is 0. The number of hydrogen-bond acceptors (Lipinski definition) is 3. The Morgan fingerprint density at radius 3 is 2.57 bits per heavy atom. The zero-order valence-corrected chi connectivity index (χ0v) is 13.7. The van der Waals surface area contributed by atoms with Gasteiger partial charge in [-0.25, -0.2) is 0 Å². The van der Waals surface area contributed by atoms with Crippen molar-refractivity contribution in [3.8, 4) is 0 Å². The average Bonchev–Trinajstić information content (AvgIpc) is 2.46. The zero-order valence-electron chi connectivity index (χ0n) is 13.7. The molecule has 1 fully saturated rings. The second-order valence-electron chi connectivity index (χ2n) is 6.39. The Labute approximate surface area is 129 Å². The summed E-state index contributed by atoms with van der Waals surface area (Å²) in [4.78, 5) is 5.00. The van der Waals surface area contributed by atoms with Crippen LogP contribution in [0.25, 0.3) is 0 Å². The summed E-state index contributed by atoms with van der Waals surface area (Å²) >= 11 is 0. The highest BCUT2D eigenvalue weighted by Crippen LogP contribution is 2.17. The maximum atomic E-state index is 4.19. The first-order valence-electron chi connectivity index (χ1n) is 7.98.